The SMILES string of the molecule is CC[C@@H](NC(=O)O)C(=O)Nc1ccc(Oc2ccc(C#N)c(C3CC3)c2)nc1. The molecule has 1 aliphatic rings. The summed E-state index contributed by atoms with van der Waals surface area (Å²) in [6, 6.07) is 9.94. The van der Waals surface area contributed by atoms with Gasteiger partial charge in [0.2, 0.25) is 11.8 Å². The van der Waals surface area contributed by atoms with Crippen LogP contribution >= 0.6 is 0 Å². The van der Waals surface area contributed by atoms with Crippen LogP contribution in [0.1, 0.15) is 43.2 Å². The van der Waals surface area contributed by atoms with Gasteiger partial charge in [-0.2, -0.15) is 5.26 Å². The second-order valence-corrected chi connectivity index (χ2v) is 6.52. The van der Waals surface area contributed by atoms with E-state index >= 15 is 0 Å². The number of pyridine rings is 1. The number of nitrogens with one attached hydrogen (secondary N) is 2. The van der Waals surface area contributed by atoms with Crippen molar-refractivity contribution in [1.29, 1.82) is 5.26 Å². The topological polar surface area (TPSA) is 124 Å². The number of anilines is 1. The Bertz CT molecular complexity index is 917. The van der Waals surface area contributed by atoms with Crippen molar-refractivity contribution in [3.63, 3.8) is 0 Å². The fraction of sp³-hybridized carbons (Fsp3) is 0.300. The molecule has 3 rings (SSSR count). The molecule has 0 unspecified atom stereocenters. The number of rotatable bonds is 7. The number of hydrogen-bond acceptors (Lipinski definition) is 5. The molecule has 0 bridgehead atoms. The molecule has 1 atom stereocenters. The minimum Gasteiger partial charge on any atom is -0.465 e. The summed E-state index contributed by atoms with van der Waals surface area (Å²) in [4.78, 5) is 27.0. The minimum absolute atomic E-state index is 0.328. The van der Waals surface area contributed by atoms with E-state index in [1.165, 1.54) is 6.20 Å². The average molecular weight is 380 g/mol. The number of aromatic nitrogens is 1. The van der Waals surface area contributed by atoms with Crippen LogP contribution < -0.4 is 15.4 Å². The van der Waals surface area contributed by atoms with Crippen molar-refractivity contribution < 1.29 is 19.4 Å². The second kappa shape index (κ2) is 8.39. The van der Waals surface area contributed by atoms with Crippen molar-refractivity contribution in [2.24, 2.45) is 0 Å². The molecule has 3 N–H and O–H groups in total. The van der Waals surface area contributed by atoms with E-state index < -0.39 is 18.0 Å². The van der Waals surface area contributed by atoms with Gasteiger partial charge in [-0.1, -0.05) is 6.92 Å². The van der Waals surface area contributed by atoms with Gasteiger partial charge in [0.1, 0.15) is 11.8 Å². The highest BCUT2D eigenvalue weighted by atomic mass is 16.5. The van der Waals surface area contributed by atoms with Crippen molar-refractivity contribution in [3.05, 3.63) is 47.7 Å². The maximum Gasteiger partial charge on any atom is 0.405 e. The maximum atomic E-state index is 12.1. The molecule has 1 heterocycles. The predicted molar refractivity (Wildman–Crippen MR) is 101 cm³/mol. The van der Waals surface area contributed by atoms with Gasteiger partial charge in [-0.05, 0) is 55.0 Å². The Hall–Kier alpha value is -3.60. The lowest BCUT2D eigenvalue weighted by molar-refractivity contribution is -0.118. The first-order chi connectivity index (χ1) is 13.5. The number of nitriles is 1. The highest BCUT2D eigenvalue weighted by molar-refractivity contribution is 5.96. The third-order valence-corrected chi connectivity index (χ3v) is 4.41. The monoisotopic (exact) mass is 380 g/mol. The van der Waals surface area contributed by atoms with Crippen LogP contribution in [0.2, 0.25) is 0 Å². The first-order valence-electron chi connectivity index (χ1n) is 8.98. The zero-order chi connectivity index (χ0) is 20.1. The second-order valence-electron chi connectivity index (χ2n) is 6.52. The number of benzene rings is 1. The van der Waals surface area contributed by atoms with Crippen LogP contribution in [0.15, 0.2) is 36.5 Å². The third kappa shape index (κ3) is 4.76. The molecule has 1 fully saturated rings. The Balaban J connectivity index is 1.65. The highest BCUT2D eigenvalue weighted by Gasteiger charge is 2.26. The van der Waals surface area contributed by atoms with Gasteiger partial charge in [-0.25, -0.2) is 9.78 Å². The first-order valence-corrected chi connectivity index (χ1v) is 8.98. The van der Waals surface area contributed by atoms with Gasteiger partial charge in [-0.3, -0.25) is 4.79 Å². The molecule has 2 aromatic rings. The van der Waals surface area contributed by atoms with Gasteiger partial charge in [0.15, 0.2) is 0 Å². The van der Waals surface area contributed by atoms with Crippen LogP contribution in [0.4, 0.5) is 10.5 Å². The molecule has 1 aromatic carbocycles. The summed E-state index contributed by atoms with van der Waals surface area (Å²) in [6.07, 6.45) is 2.68. The molecule has 28 heavy (non-hydrogen) atoms. The number of carbonyl (C=O) groups excluding carboxylic acids is 1. The Morgan fingerprint density at radius 1 is 1.36 bits per heavy atom. The van der Waals surface area contributed by atoms with E-state index in [9.17, 15) is 14.9 Å². The molecule has 8 nitrogen and oxygen atoms in total. The van der Waals surface area contributed by atoms with Crippen molar-refractivity contribution in [1.82, 2.24) is 10.3 Å². The fourth-order valence-electron chi connectivity index (χ4n) is 2.81. The molecule has 0 radical (unpaired) electrons. The summed E-state index contributed by atoms with van der Waals surface area (Å²) in [5.74, 6) is 0.915. The van der Waals surface area contributed by atoms with Crippen LogP contribution in [0.5, 0.6) is 11.6 Å². The molecule has 0 spiro atoms. The van der Waals surface area contributed by atoms with Gasteiger partial charge in [0.05, 0.1) is 23.5 Å². The quantitative estimate of drug-likeness (QED) is 0.674. The zero-order valence-corrected chi connectivity index (χ0v) is 15.3. The van der Waals surface area contributed by atoms with Crippen molar-refractivity contribution in [2.45, 2.75) is 38.1 Å². The Labute approximate surface area is 162 Å². The number of hydrogen-bond donors (Lipinski definition) is 3. The van der Waals surface area contributed by atoms with Crippen molar-refractivity contribution in [2.75, 3.05) is 5.32 Å². The maximum absolute atomic E-state index is 12.1. The smallest absolute Gasteiger partial charge is 0.405 e. The lowest BCUT2D eigenvalue weighted by atomic mass is 10.0. The molecule has 0 aliphatic heterocycles. The van der Waals surface area contributed by atoms with E-state index in [0.717, 1.165) is 18.4 Å². The minimum atomic E-state index is -1.25. The van der Waals surface area contributed by atoms with Gasteiger partial charge in [0, 0.05) is 6.07 Å². The van der Waals surface area contributed by atoms with E-state index in [4.69, 9.17) is 9.84 Å². The average Bonchev–Trinajstić information content (AvgIpc) is 3.52. The standard InChI is InChI=1S/C20H20N4O4/c1-2-17(24-20(26)27)19(25)23-14-6-8-18(22-11-14)28-15-7-5-13(10-21)16(9-15)12-3-4-12/h5-9,11-12,17,24H,2-4H2,1H3,(H,23,25)(H,26,27)/t17-/m1/s1. The number of ether oxygens (including phenoxy) is 1. The largest absolute Gasteiger partial charge is 0.465 e. The molecule has 1 aromatic heterocycles. The van der Waals surface area contributed by atoms with E-state index in [-0.39, 0.29) is 0 Å². The summed E-state index contributed by atoms with van der Waals surface area (Å²) in [5, 5.41) is 22.7. The van der Waals surface area contributed by atoms with Crippen molar-refractivity contribution >= 4 is 17.7 Å². The molecule has 8 heteroatoms. The lowest BCUT2D eigenvalue weighted by Crippen LogP contribution is -2.42. The summed E-state index contributed by atoms with van der Waals surface area (Å²) in [7, 11) is 0. The van der Waals surface area contributed by atoms with Gasteiger partial charge < -0.3 is 20.5 Å². The normalized spacial score (nSPS) is 13.9. The molecule has 0 saturated heterocycles. The third-order valence-electron chi connectivity index (χ3n) is 4.41. The lowest BCUT2D eigenvalue weighted by Gasteiger charge is -2.14. The fourth-order valence-corrected chi connectivity index (χ4v) is 2.81. The molecular weight excluding hydrogens is 360 g/mol. The Kier molecular flexibility index (Phi) is 5.75. The van der Waals surface area contributed by atoms with E-state index in [2.05, 4.69) is 21.7 Å². The van der Waals surface area contributed by atoms with Crippen LogP contribution in [-0.4, -0.2) is 28.1 Å². The number of carboxylic acid groups (broad SMARTS) is 1. The summed E-state index contributed by atoms with van der Waals surface area (Å²) in [5.41, 5.74) is 2.10. The predicted octanol–water partition coefficient (Wildman–Crippen LogP) is 3.61. The molecule has 2 amide bonds. The molecule has 1 saturated carbocycles. The molecule has 1 aliphatic carbocycles. The van der Waals surface area contributed by atoms with Crippen LogP contribution in [0.25, 0.3) is 0 Å². The number of carbonyl (C=O) groups is 2. The molecule has 144 valence electrons. The summed E-state index contributed by atoms with van der Waals surface area (Å²) < 4.78 is 5.75. The van der Waals surface area contributed by atoms with E-state index in [1.807, 2.05) is 6.07 Å². The van der Waals surface area contributed by atoms with Gasteiger partial charge >= 0.3 is 6.09 Å². The summed E-state index contributed by atoms with van der Waals surface area (Å²) in [6.45, 7) is 1.71. The van der Waals surface area contributed by atoms with E-state index in [0.29, 0.717) is 35.2 Å². The van der Waals surface area contributed by atoms with E-state index in [1.54, 1.807) is 31.2 Å². The Morgan fingerprint density at radius 2 is 2.14 bits per heavy atom. The number of nitrogens with zero attached hydrogens (tertiary/aromatic N) is 2. The zero-order valence-electron chi connectivity index (χ0n) is 15.3. The first kappa shape index (κ1) is 19.2. The van der Waals surface area contributed by atoms with Crippen molar-refractivity contribution in [3.8, 4) is 17.7 Å². The molecular formula is C20H20N4O4. The van der Waals surface area contributed by atoms with Crippen LogP contribution in [0, 0.1) is 11.3 Å². The van der Waals surface area contributed by atoms with Crippen LogP contribution in [0.3, 0.4) is 0 Å². The summed E-state index contributed by atoms with van der Waals surface area (Å²) >= 11 is 0. The van der Waals surface area contributed by atoms with Gasteiger partial charge in [-0.15, -0.1) is 0 Å². The van der Waals surface area contributed by atoms with Crippen LogP contribution in [-0.2, 0) is 4.79 Å². The Morgan fingerprint density at radius 3 is 2.71 bits per heavy atom. The highest BCUT2D eigenvalue weighted by Crippen LogP contribution is 2.43. The van der Waals surface area contributed by atoms with Gasteiger partial charge in [0.25, 0.3) is 0 Å². The number of amides is 2.